The van der Waals surface area contributed by atoms with Crippen LogP contribution in [0.5, 0.6) is 0 Å². The van der Waals surface area contributed by atoms with Crippen molar-refractivity contribution < 1.29 is 14.0 Å². The second-order valence-electron chi connectivity index (χ2n) is 6.46. The van der Waals surface area contributed by atoms with Crippen LogP contribution in [0.15, 0.2) is 42.5 Å². The van der Waals surface area contributed by atoms with Crippen LogP contribution in [0, 0.1) is 19.7 Å². The van der Waals surface area contributed by atoms with Crippen LogP contribution in [0.2, 0.25) is 5.02 Å². The number of carbonyl (C=O) groups is 2. The minimum absolute atomic E-state index is 0.235. The lowest BCUT2D eigenvalue weighted by molar-refractivity contribution is -0.136. The van der Waals surface area contributed by atoms with Crippen LogP contribution in [-0.2, 0) is 16.0 Å². The summed E-state index contributed by atoms with van der Waals surface area (Å²) < 4.78 is 13.5. The van der Waals surface area contributed by atoms with Crippen molar-refractivity contribution in [1.82, 2.24) is 10.3 Å². The van der Waals surface area contributed by atoms with E-state index in [0.29, 0.717) is 17.0 Å². The van der Waals surface area contributed by atoms with Gasteiger partial charge in [-0.15, -0.1) is 11.3 Å². The monoisotopic (exact) mass is 431 g/mol. The van der Waals surface area contributed by atoms with Crippen molar-refractivity contribution in [3.05, 3.63) is 69.4 Å². The van der Waals surface area contributed by atoms with E-state index < -0.39 is 17.6 Å². The summed E-state index contributed by atoms with van der Waals surface area (Å²) in [5.41, 5.74) is 2.56. The maximum Gasteiger partial charge on any atom is 0.313 e. The van der Waals surface area contributed by atoms with Gasteiger partial charge in [-0.2, -0.15) is 0 Å². The van der Waals surface area contributed by atoms with Crippen LogP contribution >= 0.6 is 22.9 Å². The fourth-order valence-electron chi connectivity index (χ4n) is 2.60. The van der Waals surface area contributed by atoms with E-state index in [9.17, 15) is 14.0 Å². The molecule has 3 aromatic rings. The van der Waals surface area contributed by atoms with Gasteiger partial charge < -0.3 is 10.6 Å². The number of aromatic nitrogens is 1. The first-order valence-corrected chi connectivity index (χ1v) is 10.1. The topological polar surface area (TPSA) is 71.1 Å². The molecule has 0 aliphatic carbocycles. The Morgan fingerprint density at radius 1 is 1.10 bits per heavy atom. The molecule has 2 amide bonds. The van der Waals surface area contributed by atoms with E-state index in [0.717, 1.165) is 21.1 Å². The molecule has 29 heavy (non-hydrogen) atoms. The highest BCUT2D eigenvalue weighted by atomic mass is 35.5. The van der Waals surface area contributed by atoms with Gasteiger partial charge in [0.2, 0.25) is 0 Å². The molecule has 2 N–H and O–H groups in total. The number of halogens is 2. The number of nitrogens with one attached hydrogen (secondary N) is 2. The Balaban J connectivity index is 1.54. The molecule has 0 saturated heterocycles. The predicted molar refractivity (Wildman–Crippen MR) is 114 cm³/mol. The number of hydrogen-bond acceptors (Lipinski definition) is 4. The Morgan fingerprint density at radius 2 is 1.83 bits per heavy atom. The third-order valence-corrected chi connectivity index (χ3v) is 5.78. The molecule has 150 valence electrons. The number of thiazole rings is 1. The second kappa shape index (κ2) is 9.15. The Hall–Kier alpha value is -2.77. The van der Waals surface area contributed by atoms with Gasteiger partial charge in [-0.25, -0.2) is 9.37 Å². The summed E-state index contributed by atoms with van der Waals surface area (Å²) in [5.74, 6) is -2.05. The number of amides is 2. The molecule has 2 aromatic carbocycles. The SMILES string of the molecule is Cc1ccc(NC(=O)C(=O)NCCc2sc(-c3ccc(Cl)cc3)nc2C)cc1F. The number of carbonyl (C=O) groups excluding carboxylic acids is 2. The average Bonchev–Trinajstić information content (AvgIpc) is 3.06. The first-order chi connectivity index (χ1) is 13.8. The number of rotatable bonds is 5. The Labute approximate surface area is 176 Å². The van der Waals surface area contributed by atoms with Crippen molar-refractivity contribution in [1.29, 1.82) is 0 Å². The molecule has 8 heteroatoms. The molecule has 0 radical (unpaired) electrons. The van der Waals surface area contributed by atoms with Gasteiger partial charge >= 0.3 is 11.8 Å². The maximum atomic E-state index is 13.5. The van der Waals surface area contributed by atoms with E-state index in [2.05, 4.69) is 15.6 Å². The summed E-state index contributed by atoms with van der Waals surface area (Å²) in [6, 6.07) is 11.7. The summed E-state index contributed by atoms with van der Waals surface area (Å²) in [4.78, 5) is 29.5. The number of aryl methyl sites for hydroxylation is 2. The van der Waals surface area contributed by atoms with E-state index in [1.54, 1.807) is 13.0 Å². The number of nitrogens with zero attached hydrogens (tertiary/aromatic N) is 1. The van der Waals surface area contributed by atoms with E-state index >= 15 is 0 Å². The normalized spacial score (nSPS) is 10.6. The minimum Gasteiger partial charge on any atom is -0.347 e. The zero-order valence-corrected chi connectivity index (χ0v) is 17.5. The van der Waals surface area contributed by atoms with E-state index in [4.69, 9.17) is 11.6 Å². The molecule has 1 heterocycles. The summed E-state index contributed by atoms with van der Waals surface area (Å²) in [6.45, 7) is 3.82. The van der Waals surface area contributed by atoms with Crippen LogP contribution in [-0.4, -0.2) is 23.3 Å². The zero-order chi connectivity index (χ0) is 21.0. The molecule has 5 nitrogen and oxygen atoms in total. The molecular weight excluding hydrogens is 413 g/mol. The smallest absolute Gasteiger partial charge is 0.313 e. The molecule has 0 unspecified atom stereocenters. The van der Waals surface area contributed by atoms with Gasteiger partial charge in [-0.3, -0.25) is 9.59 Å². The van der Waals surface area contributed by atoms with Crippen LogP contribution in [0.3, 0.4) is 0 Å². The lowest BCUT2D eigenvalue weighted by atomic mass is 10.2. The summed E-state index contributed by atoms with van der Waals surface area (Å²) >= 11 is 7.45. The maximum absolute atomic E-state index is 13.5. The van der Waals surface area contributed by atoms with Crippen LogP contribution < -0.4 is 10.6 Å². The molecule has 0 aliphatic heterocycles. The summed E-state index contributed by atoms with van der Waals surface area (Å²) in [6.07, 6.45) is 0.551. The highest BCUT2D eigenvalue weighted by molar-refractivity contribution is 7.15. The van der Waals surface area contributed by atoms with Gasteiger partial charge in [-0.05, 0) is 43.7 Å². The number of anilines is 1. The Kier molecular flexibility index (Phi) is 6.61. The van der Waals surface area contributed by atoms with Crippen molar-refractivity contribution >= 4 is 40.4 Å². The van der Waals surface area contributed by atoms with Crippen molar-refractivity contribution in [2.45, 2.75) is 20.3 Å². The highest BCUT2D eigenvalue weighted by Gasteiger charge is 2.15. The average molecular weight is 432 g/mol. The van der Waals surface area contributed by atoms with Gasteiger partial charge in [0.25, 0.3) is 0 Å². The van der Waals surface area contributed by atoms with Crippen LogP contribution in [0.25, 0.3) is 10.6 Å². The molecule has 3 rings (SSSR count). The first kappa shape index (κ1) is 21.0. The Morgan fingerprint density at radius 3 is 2.52 bits per heavy atom. The summed E-state index contributed by atoms with van der Waals surface area (Å²) in [5, 5.41) is 6.50. The van der Waals surface area contributed by atoms with E-state index in [-0.39, 0.29) is 12.2 Å². The van der Waals surface area contributed by atoms with Crippen molar-refractivity contribution in [2.75, 3.05) is 11.9 Å². The van der Waals surface area contributed by atoms with Gasteiger partial charge in [0.15, 0.2) is 0 Å². The highest BCUT2D eigenvalue weighted by Crippen LogP contribution is 2.29. The van der Waals surface area contributed by atoms with E-state index in [1.807, 2.05) is 31.2 Å². The third-order valence-electron chi connectivity index (χ3n) is 4.26. The van der Waals surface area contributed by atoms with Crippen molar-refractivity contribution in [3.8, 4) is 10.6 Å². The molecule has 1 aromatic heterocycles. The molecule has 0 saturated carbocycles. The zero-order valence-electron chi connectivity index (χ0n) is 15.9. The lowest BCUT2D eigenvalue weighted by Gasteiger charge is -2.07. The van der Waals surface area contributed by atoms with Gasteiger partial charge in [0.05, 0.1) is 5.69 Å². The second-order valence-corrected chi connectivity index (χ2v) is 7.98. The molecular formula is C21H19ClFN3O2S. The van der Waals surface area contributed by atoms with Crippen molar-refractivity contribution in [3.63, 3.8) is 0 Å². The number of hydrogen-bond donors (Lipinski definition) is 2. The fraction of sp³-hybridized carbons (Fsp3) is 0.190. The molecule has 0 spiro atoms. The van der Waals surface area contributed by atoms with E-state index in [1.165, 1.54) is 23.5 Å². The first-order valence-electron chi connectivity index (χ1n) is 8.91. The minimum atomic E-state index is -0.837. The summed E-state index contributed by atoms with van der Waals surface area (Å²) in [7, 11) is 0. The third kappa shape index (κ3) is 5.40. The molecule has 0 atom stereocenters. The lowest BCUT2D eigenvalue weighted by Crippen LogP contribution is -2.36. The fourth-order valence-corrected chi connectivity index (χ4v) is 3.80. The van der Waals surface area contributed by atoms with Gasteiger partial charge in [-0.1, -0.05) is 29.8 Å². The largest absolute Gasteiger partial charge is 0.347 e. The van der Waals surface area contributed by atoms with Crippen LogP contribution in [0.4, 0.5) is 10.1 Å². The predicted octanol–water partition coefficient (Wildman–Crippen LogP) is 4.52. The quantitative estimate of drug-likeness (QED) is 0.583. The molecule has 0 aliphatic rings. The van der Waals surface area contributed by atoms with Crippen LogP contribution in [0.1, 0.15) is 16.1 Å². The Bertz CT molecular complexity index is 1050. The number of benzene rings is 2. The van der Waals surface area contributed by atoms with Gasteiger partial charge in [0, 0.05) is 34.1 Å². The standard InChI is InChI=1S/C21H19ClFN3O2S/c1-12-3-8-16(11-17(12)23)26-20(28)19(27)24-10-9-18-13(2)25-21(29-18)14-4-6-15(22)7-5-14/h3-8,11H,9-10H2,1-2H3,(H,24,27)(H,26,28). The molecule has 0 fully saturated rings. The van der Waals surface area contributed by atoms with Crippen molar-refractivity contribution in [2.24, 2.45) is 0 Å². The molecule has 0 bridgehead atoms. The van der Waals surface area contributed by atoms with Gasteiger partial charge in [0.1, 0.15) is 10.8 Å².